The summed E-state index contributed by atoms with van der Waals surface area (Å²) < 4.78 is 11.0. The van der Waals surface area contributed by atoms with Crippen molar-refractivity contribution in [3.63, 3.8) is 0 Å². The number of nitrogens with zero attached hydrogens (tertiary/aromatic N) is 1. The SMILES string of the molecule is c1nc(COCC2CNCCO2)cs1. The summed E-state index contributed by atoms with van der Waals surface area (Å²) in [5.74, 6) is 0. The maximum Gasteiger partial charge on any atom is 0.0933 e. The Labute approximate surface area is 87.3 Å². The molecule has 1 fully saturated rings. The lowest BCUT2D eigenvalue weighted by Crippen LogP contribution is -2.40. The van der Waals surface area contributed by atoms with Crippen molar-refractivity contribution in [1.82, 2.24) is 10.3 Å². The third-order valence-electron chi connectivity index (χ3n) is 2.04. The third-order valence-corrected chi connectivity index (χ3v) is 2.68. The van der Waals surface area contributed by atoms with Gasteiger partial charge in [0.2, 0.25) is 0 Å². The fourth-order valence-corrected chi connectivity index (χ4v) is 1.87. The van der Waals surface area contributed by atoms with Crippen LogP contribution < -0.4 is 5.32 Å². The van der Waals surface area contributed by atoms with Gasteiger partial charge in [-0.3, -0.25) is 0 Å². The molecule has 0 spiro atoms. The van der Waals surface area contributed by atoms with Gasteiger partial charge in [0, 0.05) is 18.5 Å². The van der Waals surface area contributed by atoms with Crippen LogP contribution in [0.3, 0.4) is 0 Å². The van der Waals surface area contributed by atoms with Crippen molar-refractivity contribution in [3.05, 3.63) is 16.6 Å². The van der Waals surface area contributed by atoms with Crippen LogP contribution in [0.5, 0.6) is 0 Å². The molecule has 1 atom stereocenters. The summed E-state index contributed by atoms with van der Waals surface area (Å²) in [7, 11) is 0. The van der Waals surface area contributed by atoms with Gasteiger partial charge in [-0.05, 0) is 0 Å². The Morgan fingerprint density at radius 3 is 3.43 bits per heavy atom. The first kappa shape index (κ1) is 10.0. The van der Waals surface area contributed by atoms with Gasteiger partial charge in [-0.25, -0.2) is 4.98 Å². The molecule has 0 aliphatic carbocycles. The molecule has 1 aromatic rings. The molecule has 1 aliphatic rings. The number of hydrogen-bond acceptors (Lipinski definition) is 5. The molecule has 1 unspecified atom stereocenters. The van der Waals surface area contributed by atoms with E-state index in [0.717, 1.165) is 25.4 Å². The highest BCUT2D eigenvalue weighted by Gasteiger charge is 2.12. The molecule has 2 rings (SSSR count). The third kappa shape index (κ3) is 3.02. The Balaban J connectivity index is 1.62. The zero-order valence-electron chi connectivity index (χ0n) is 7.94. The first-order valence-electron chi connectivity index (χ1n) is 4.72. The Morgan fingerprint density at radius 2 is 2.71 bits per heavy atom. The molecule has 4 nitrogen and oxygen atoms in total. The fourth-order valence-electron chi connectivity index (χ4n) is 1.33. The Hall–Kier alpha value is -0.490. The Bertz CT molecular complexity index is 247. The second-order valence-corrected chi connectivity index (χ2v) is 3.91. The molecule has 0 aromatic carbocycles. The molecule has 2 heterocycles. The quantitative estimate of drug-likeness (QED) is 0.799. The first-order valence-corrected chi connectivity index (χ1v) is 5.66. The molecule has 0 bridgehead atoms. The zero-order valence-corrected chi connectivity index (χ0v) is 8.76. The fraction of sp³-hybridized carbons (Fsp3) is 0.667. The van der Waals surface area contributed by atoms with Crippen LogP contribution in [0, 0.1) is 0 Å². The summed E-state index contributed by atoms with van der Waals surface area (Å²) in [6.45, 7) is 3.85. The van der Waals surface area contributed by atoms with Gasteiger partial charge in [0.15, 0.2) is 0 Å². The number of thiazole rings is 1. The maximum atomic E-state index is 5.50. The van der Waals surface area contributed by atoms with E-state index in [1.807, 2.05) is 10.9 Å². The highest BCUT2D eigenvalue weighted by Crippen LogP contribution is 2.04. The molecular weight excluding hydrogens is 200 g/mol. The molecule has 5 heteroatoms. The molecule has 78 valence electrons. The van der Waals surface area contributed by atoms with Crippen molar-refractivity contribution in [2.45, 2.75) is 12.7 Å². The number of morpholine rings is 1. The topological polar surface area (TPSA) is 43.4 Å². The molecular formula is C9H14N2O2S. The van der Waals surface area contributed by atoms with Crippen LogP contribution >= 0.6 is 11.3 Å². The van der Waals surface area contributed by atoms with Crippen LogP contribution in [-0.4, -0.2) is 37.4 Å². The van der Waals surface area contributed by atoms with Gasteiger partial charge in [-0.15, -0.1) is 11.3 Å². The number of hydrogen-bond donors (Lipinski definition) is 1. The van der Waals surface area contributed by atoms with E-state index in [1.54, 1.807) is 11.3 Å². The molecule has 0 radical (unpaired) electrons. The second-order valence-electron chi connectivity index (χ2n) is 3.19. The monoisotopic (exact) mass is 214 g/mol. The average Bonchev–Trinajstić information content (AvgIpc) is 2.72. The molecule has 1 aromatic heterocycles. The minimum absolute atomic E-state index is 0.197. The van der Waals surface area contributed by atoms with E-state index in [2.05, 4.69) is 10.3 Å². The van der Waals surface area contributed by atoms with E-state index in [1.165, 1.54) is 0 Å². The van der Waals surface area contributed by atoms with Crippen molar-refractivity contribution in [3.8, 4) is 0 Å². The average molecular weight is 214 g/mol. The lowest BCUT2D eigenvalue weighted by molar-refractivity contribution is -0.0362. The van der Waals surface area contributed by atoms with Gasteiger partial charge >= 0.3 is 0 Å². The van der Waals surface area contributed by atoms with Crippen LogP contribution in [0.4, 0.5) is 0 Å². The van der Waals surface area contributed by atoms with Crippen molar-refractivity contribution in [2.24, 2.45) is 0 Å². The molecule has 1 N–H and O–H groups in total. The summed E-state index contributed by atoms with van der Waals surface area (Å²) in [4.78, 5) is 4.14. The van der Waals surface area contributed by atoms with E-state index in [-0.39, 0.29) is 6.10 Å². The lowest BCUT2D eigenvalue weighted by atomic mass is 10.3. The minimum Gasteiger partial charge on any atom is -0.373 e. The lowest BCUT2D eigenvalue weighted by Gasteiger charge is -2.23. The van der Waals surface area contributed by atoms with Gasteiger partial charge in [0.1, 0.15) is 0 Å². The molecule has 0 amide bonds. The summed E-state index contributed by atoms with van der Waals surface area (Å²) in [6.07, 6.45) is 0.197. The minimum atomic E-state index is 0.197. The van der Waals surface area contributed by atoms with Gasteiger partial charge < -0.3 is 14.8 Å². The normalized spacial score (nSPS) is 22.4. The van der Waals surface area contributed by atoms with E-state index in [0.29, 0.717) is 13.2 Å². The molecule has 0 saturated carbocycles. The van der Waals surface area contributed by atoms with E-state index in [9.17, 15) is 0 Å². The van der Waals surface area contributed by atoms with Crippen LogP contribution in [0.25, 0.3) is 0 Å². The van der Waals surface area contributed by atoms with Crippen molar-refractivity contribution < 1.29 is 9.47 Å². The summed E-state index contributed by atoms with van der Waals surface area (Å²) in [5.41, 5.74) is 2.82. The van der Waals surface area contributed by atoms with E-state index >= 15 is 0 Å². The van der Waals surface area contributed by atoms with Gasteiger partial charge in [-0.1, -0.05) is 0 Å². The standard InChI is InChI=1S/C9H14N2O2S/c1-2-13-9(3-10-1)5-12-4-8-6-14-7-11-8/h6-7,9-10H,1-5H2. The Kier molecular flexibility index (Phi) is 3.88. The zero-order chi connectivity index (χ0) is 9.64. The highest BCUT2D eigenvalue weighted by molar-refractivity contribution is 7.07. The van der Waals surface area contributed by atoms with Crippen molar-refractivity contribution >= 4 is 11.3 Å². The molecule has 1 aliphatic heterocycles. The number of aromatic nitrogens is 1. The first-order chi connectivity index (χ1) is 6.95. The van der Waals surface area contributed by atoms with E-state index < -0.39 is 0 Å². The van der Waals surface area contributed by atoms with Crippen LogP contribution in [0.2, 0.25) is 0 Å². The predicted molar refractivity (Wildman–Crippen MR) is 54.4 cm³/mol. The van der Waals surface area contributed by atoms with Crippen molar-refractivity contribution in [1.29, 1.82) is 0 Å². The highest BCUT2D eigenvalue weighted by atomic mass is 32.1. The number of rotatable bonds is 4. The second kappa shape index (κ2) is 5.41. The smallest absolute Gasteiger partial charge is 0.0933 e. The summed E-state index contributed by atoms with van der Waals surface area (Å²) >= 11 is 1.59. The number of ether oxygens (including phenoxy) is 2. The maximum absolute atomic E-state index is 5.50. The van der Waals surface area contributed by atoms with Gasteiger partial charge in [-0.2, -0.15) is 0 Å². The summed E-state index contributed by atoms with van der Waals surface area (Å²) in [6, 6.07) is 0. The molecule has 14 heavy (non-hydrogen) atoms. The number of nitrogens with one attached hydrogen (secondary N) is 1. The van der Waals surface area contributed by atoms with Crippen molar-refractivity contribution in [2.75, 3.05) is 26.3 Å². The van der Waals surface area contributed by atoms with Gasteiger partial charge in [0.25, 0.3) is 0 Å². The van der Waals surface area contributed by atoms with Gasteiger partial charge in [0.05, 0.1) is 37.1 Å². The predicted octanol–water partition coefficient (Wildman–Crippen LogP) is 0.648. The van der Waals surface area contributed by atoms with Crippen LogP contribution in [0.15, 0.2) is 10.9 Å². The van der Waals surface area contributed by atoms with E-state index in [4.69, 9.17) is 9.47 Å². The Morgan fingerprint density at radius 1 is 1.71 bits per heavy atom. The summed E-state index contributed by atoms with van der Waals surface area (Å²) in [5, 5.41) is 5.26. The van der Waals surface area contributed by atoms with Crippen LogP contribution in [0.1, 0.15) is 5.69 Å². The largest absolute Gasteiger partial charge is 0.373 e. The molecule has 1 saturated heterocycles. The van der Waals surface area contributed by atoms with Crippen LogP contribution in [-0.2, 0) is 16.1 Å².